The molecule has 6 aliphatic rings. The summed E-state index contributed by atoms with van der Waals surface area (Å²) in [6.07, 6.45) is 11.0. The van der Waals surface area contributed by atoms with Crippen LogP contribution < -0.4 is 15.5 Å². The van der Waals surface area contributed by atoms with Crippen molar-refractivity contribution in [1.82, 2.24) is 30.2 Å². The van der Waals surface area contributed by atoms with Gasteiger partial charge >= 0.3 is 6.09 Å². The van der Waals surface area contributed by atoms with Crippen molar-refractivity contribution in [3.05, 3.63) is 71.6 Å². The number of anilines is 1. The monoisotopic (exact) mass is 920 g/mol. The summed E-state index contributed by atoms with van der Waals surface area (Å²) in [5.41, 5.74) is 2.10. The van der Waals surface area contributed by atoms with Gasteiger partial charge < -0.3 is 34.8 Å². The highest BCUT2D eigenvalue weighted by Crippen LogP contribution is 2.50. The minimum Gasteiger partial charge on any atom is -0.453 e. The minimum absolute atomic E-state index is 0.0179. The van der Waals surface area contributed by atoms with E-state index in [0.717, 1.165) is 114 Å². The lowest BCUT2D eigenvalue weighted by atomic mass is 9.58. The first-order valence-electron chi connectivity index (χ1n) is 24.1. The highest BCUT2D eigenvalue weighted by Gasteiger charge is 2.52. The van der Waals surface area contributed by atoms with Crippen molar-refractivity contribution >= 4 is 33.4 Å². The molecule has 65 heavy (non-hydrogen) atoms. The van der Waals surface area contributed by atoms with Crippen LogP contribution >= 0.6 is 0 Å². The van der Waals surface area contributed by atoms with Gasteiger partial charge in [0.1, 0.15) is 11.1 Å². The van der Waals surface area contributed by atoms with Gasteiger partial charge in [0.05, 0.1) is 25.2 Å². The number of nitrogens with one attached hydrogen (secondary N) is 2. The van der Waals surface area contributed by atoms with E-state index in [2.05, 4.69) is 36.3 Å². The summed E-state index contributed by atoms with van der Waals surface area (Å²) in [4.78, 5) is 49.4. The Kier molecular flexibility index (Phi) is 15.5. The lowest BCUT2D eigenvalue weighted by molar-refractivity contribution is -0.129. The minimum atomic E-state index is -3.68. The van der Waals surface area contributed by atoms with E-state index in [-0.39, 0.29) is 48.6 Å². The largest absolute Gasteiger partial charge is 0.453 e. The van der Waals surface area contributed by atoms with Crippen molar-refractivity contribution < 1.29 is 36.7 Å². The van der Waals surface area contributed by atoms with Crippen LogP contribution in [-0.2, 0) is 40.9 Å². The molecule has 5 saturated heterocycles. The van der Waals surface area contributed by atoms with Gasteiger partial charge in [0.2, 0.25) is 11.8 Å². The number of benzene rings is 2. The van der Waals surface area contributed by atoms with Crippen molar-refractivity contribution in [3.63, 3.8) is 0 Å². The molecule has 5 aliphatic heterocycles. The lowest BCUT2D eigenvalue weighted by Gasteiger charge is -2.51. The number of likely N-dealkylation sites (tertiary alicyclic amines) is 3. The third kappa shape index (κ3) is 11.0. The van der Waals surface area contributed by atoms with Crippen LogP contribution in [0.5, 0.6) is 0 Å². The number of carbonyl (C=O) groups excluding carboxylic acids is 3. The molecule has 1 saturated carbocycles. The quantitative estimate of drug-likeness (QED) is 0.231. The zero-order valence-electron chi connectivity index (χ0n) is 38.4. The molecule has 1 aliphatic carbocycles. The van der Waals surface area contributed by atoms with E-state index in [1.165, 1.54) is 39.4 Å². The predicted octanol–water partition coefficient (Wildman–Crippen LogP) is 4.43. The molecule has 356 valence electrons. The Bertz CT molecular complexity index is 2110. The van der Waals surface area contributed by atoms with Gasteiger partial charge in [-0.25, -0.2) is 17.6 Å². The van der Waals surface area contributed by atoms with E-state index in [4.69, 9.17) is 9.47 Å². The van der Waals surface area contributed by atoms with Crippen LogP contribution in [0.15, 0.2) is 59.5 Å². The Morgan fingerprint density at radius 3 is 2.34 bits per heavy atom. The number of morpholine rings is 1. The molecule has 2 aromatic carbocycles. The van der Waals surface area contributed by atoms with Crippen molar-refractivity contribution in [3.8, 4) is 0 Å². The third-order valence-corrected chi connectivity index (χ3v) is 17.5. The summed E-state index contributed by atoms with van der Waals surface area (Å²) in [6.45, 7) is 12.8. The van der Waals surface area contributed by atoms with Crippen LogP contribution in [0.1, 0.15) is 69.4 Å². The molecule has 8 rings (SSSR count). The van der Waals surface area contributed by atoms with Crippen LogP contribution in [-0.4, -0.2) is 163 Å². The second-order valence-corrected chi connectivity index (χ2v) is 21.6. The van der Waals surface area contributed by atoms with E-state index < -0.39 is 26.6 Å². The molecule has 0 bridgehead atoms. The molecule has 6 fully saturated rings. The number of ether oxygens (including phenoxy) is 2. The Morgan fingerprint density at radius 1 is 0.877 bits per heavy atom. The number of halogens is 1. The molecule has 0 spiro atoms. The van der Waals surface area contributed by atoms with Gasteiger partial charge in [-0.05, 0) is 118 Å². The van der Waals surface area contributed by atoms with Gasteiger partial charge in [-0.1, -0.05) is 31.1 Å². The third-order valence-electron chi connectivity index (χ3n) is 15.3. The van der Waals surface area contributed by atoms with E-state index >= 15 is 4.39 Å². The summed E-state index contributed by atoms with van der Waals surface area (Å²) in [5, 5.41) is 5.59. The summed E-state index contributed by atoms with van der Waals surface area (Å²) < 4.78 is 54.1. The second-order valence-electron chi connectivity index (χ2n) is 19.4. The number of amides is 3. The number of alkyl carbamates (subject to hydrolysis) is 1. The van der Waals surface area contributed by atoms with Crippen LogP contribution in [0, 0.1) is 23.6 Å². The van der Waals surface area contributed by atoms with E-state index in [9.17, 15) is 22.8 Å². The molecular formula is C49H70FN7O7S. The fraction of sp³-hybridized carbons (Fsp3) is 0.653. The number of piperidine rings is 2. The van der Waals surface area contributed by atoms with Crippen LogP contribution in [0.2, 0.25) is 0 Å². The van der Waals surface area contributed by atoms with E-state index in [1.54, 1.807) is 29.2 Å². The van der Waals surface area contributed by atoms with Crippen molar-refractivity contribution in [2.75, 3.05) is 110 Å². The fourth-order valence-electron chi connectivity index (χ4n) is 11.7. The van der Waals surface area contributed by atoms with Gasteiger partial charge in [0, 0.05) is 102 Å². The Hall–Kier alpha value is -4.09. The number of sulfone groups is 1. The summed E-state index contributed by atoms with van der Waals surface area (Å²) in [7, 11) is -2.31. The highest BCUT2D eigenvalue weighted by molar-refractivity contribution is 7.92. The summed E-state index contributed by atoms with van der Waals surface area (Å²) in [6, 6.07) is 12.5. The number of hydrogen-bond acceptors (Lipinski definition) is 11. The molecule has 5 heterocycles. The lowest BCUT2D eigenvalue weighted by Crippen LogP contribution is -2.58. The maximum absolute atomic E-state index is 15.0. The number of hydrogen-bond donors (Lipinski definition) is 2. The first kappa shape index (κ1) is 47.4. The summed E-state index contributed by atoms with van der Waals surface area (Å²) in [5.74, 6) is -0.00454. The average Bonchev–Trinajstić information content (AvgIpc) is 3.73. The van der Waals surface area contributed by atoms with Gasteiger partial charge in [0.15, 0.2) is 9.84 Å². The Morgan fingerprint density at radius 2 is 1.63 bits per heavy atom. The molecule has 3 atom stereocenters. The molecule has 2 N–H and O–H groups in total. The number of rotatable bonds is 16. The maximum atomic E-state index is 15.0. The number of methoxy groups -OCH3 is 1. The number of nitrogens with zero attached hydrogens (tertiary/aromatic N) is 5. The zero-order chi connectivity index (χ0) is 45.6. The zero-order valence-corrected chi connectivity index (χ0v) is 39.2. The van der Waals surface area contributed by atoms with Crippen LogP contribution in [0.25, 0.3) is 0 Å². The second kappa shape index (κ2) is 21.3. The smallest absolute Gasteiger partial charge is 0.407 e. The van der Waals surface area contributed by atoms with Crippen LogP contribution in [0.3, 0.4) is 0 Å². The predicted molar refractivity (Wildman–Crippen MR) is 248 cm³/mol. The van der Waals surface area contributed by atoms with E-state index in [0.29, 0.717) is 37.1 Å². The van der Waals surface area contributed by atoms with Crippen molar-refractivity contribution in [1.29, 1.82) is 0 Å². The first-order valence-corrected chi connectivity index (χ1v) is 25.6. The molecule has 14 nitrogen and oxygen atoms in total. The molecule has 16 heteroatoms. The SMILES string of the molecule is COC(=O)N[C@H]1CCC[C@@H]1[C@](CNC(C)=O)(c1cccc(F)c1)C1CCN(CC2CN(c3ccc(S(=O)(=O)C4CN(C(=O)/C=C/CN5CCCCC5)C4)c(CN4CCOCC4)c3)C2)CC1. The van der Waals surface area contributed by atoms with E-state index in [1.807, 2.05) is 18.2 Å². The van der Waals surface area contributed by atoms with Gasteiger partial charge in [-0.3, -0.25) is 19.4 Å². The topological polar surface area (TPSA) is 144 Å². The Balaban J connectivity index is 0.904. The maximum Gasteiger partial charge on any atom is 0.407 e. The molecule has 0 radical (unpaired) electrons. The molecule has 2 aromatic rings. The fourth-order valence-corrected chi connectivity index (χ4v) is 13.6. The van der Waals surface area contributed by atoms with Crippen molar-refractivity contribution in [2.45, 2.75) is 86.4 Å². The van der Waals surface area contributed by atoms with Crippen LogP contribution in [0.4, 0.5) is 14.9 Å². The van der Waals surface area contributed by atoms with Crippen molar-refractivity contribution in [2.24, 2.45) is 17.8 Å². The van der Waals surface area contributed by atoms with Gasteiger partial charge in [0.25, 0.3) is 0 Å². The molecule has 0 unspecified atom stereocenters. The summed E-state index contributed by atoms with van der Waals surface area (Å²) >= 11 is 0. The number of carbonyl (C=O) groups is 3. The van der Waals surface area contributed by atoms with Gasteiger partial charge in [-0.15, -0.1) is 0 Å². The molecular weight excluding hydrogens is 850 g/mol. The Labute approximate surface area is 385 Å². The molecule has 3 amide bonds. The highest BCUT2D eigenvalue weighted by atomic mass is 32.2. The average molecular weight is 920 g/mol. The normalized spacial score (nSPS) is 24.4. The standard InChI is InChI=1S/C49H70FN7O7S/c1-36(58)51-35-49(40-9-6-10-41(50)28-40,44-11-7-12-45(44)52-48(60)63-2)39-16-21-54(22-17-39)29-37-30-56(31-37)42-14-15-46(38(27-42)32-55-23-25-64-26-24-55)65(61,62)43-33-57(34-43)47(59)13-8-20-53-18-4-3-5-19-53/h6,8-10,13-15,27-28,37,39,43-45H,3-5,7,11-12,16-26,29-35H2,1-2H3,(H,51,58)(H,52,60)/b13-8+/t44-,45-,49-/m0/s1. The first-order chi connectivity index (χ1) is 31.4. The van der Waals surface area contributed by atoms with Gasteiger partial charge in [-0.2, -0.15) is 0 Å². The molecule has 0 aromatic heterocycles.